The molecule has 4 nitrogen and oxygen atoms in total. The molecule has 108 valence electrons. The summed E-state index contributed by atoms with van der Waals surface area (Å²) in [6, 6.07) is 0. The first kappa shape index (κ1) is 16.1. The molecular weight excluding hydrogens is 262 g/mol. The van der Waals surface area contributed by atoms with Crippen molar-refractivity contribution < 1.29 is 14.6 Å². The molecule has 0 saturated carbocycles. The number of hydrogen-bond donors (Lipinski definition) is 1. The van der Waals surface area contributed by atoms with Gasteiger partial charge in [-0.15, -0.1) is 11.3 Å². The predicted octanol–water partition coefficient (Wildman–Crippen LogP) is 3.92. The molecule has 1 unspecified atom stereocenters. The number of rotatable bonds is 8. The monoisotopic (exact) mass is 285 g/mol. The SMILES string of the molecule is CCCC(OCC)c1nc(CC(C)C)c(C(=O)O)s1. The first-order chi connectivity index (χ1) is 8.99. The number of nitrogens with zero attached hydrogens (tertiary/aromatic N) is 1. The lowest BCUT2D eigenvalue weighted by molar-refractivity contribution is 0.0554. The lowest BCUT2D eigenvalue weighted by atomic mass is 10.1. The molecule has 1 aromatic rings. The third kappa shape index (κ3) is 4.58. The molecule has 1 N–H and O–H groups in total. The molecule has 5 heteroatoms. The Balaban J connectivity index is 3.03. The molecule has 1 aromatic heterocycles. The predicted molar refractivity (Wildman–Crippen MR) is 76.9 cm³/mol. The van der Waals surface area contributed by atoms with Gasteiger partial charge in [0.15, 0.2) is 0 Å². The molecule has 1 rings (SSSR count). The van der Waals surface area contributed by atoms with Gasteiger partial charge in [0, 0.05) is 6.61 Å². The number of aromatic carboxylic acids is 1. The van der Waals surface area contributed by atoms with E-state index in [1.165, 1.54) is 11.3 Å². The van der Waals surface area contributed by atoms with Gasteiger partial charge in [-0.05, 0) is 25.7 Å². The minimum absolute atomic E-state index is 0.0704. The molecule has 1 heterocycles. The van der Waals surface area contributed by atoms with E-state index in [1.807, 2.05) is 6.92 Å². The molecule has 0 aliphatic heterocycles. The van der Waals surface area contributed by atoms with Gasteiger partial charge in [0.2, 0.25) is 0 Å². The second kappa shape index (κ2) is 7.60. The van der Waals surface area contributed by atoms with Gasteiger partial charge in [-0.25, -0.2) is 9.78 Å². The Labute approximate surface area is 118 Å². The molecule has 0 aromatic carbocycles. The molecule has 0 bridgehead atoms. The number of carboxylic acid groups (broad SMARTS) is 1. The smallest absolute Gasteiger partial charge is 0.347 e. The van der Waals surface area contributed by atoms with E-state index in [0.717, 1.165) is 17.8 Å². The summed E-state index contributed by atoms with van der Waals surface area (Å²) < 4.78 is 5.68. The van der Waals surface area contributed by atoms with Gasteiger partial charge >= 0.3 is 5.97 Å². The van der Waals surface area contributed by atoms with E-state index in [4.69, 9.17) is 4.74 Å². The van der Waals surface area contributed by atoms with Crippen LogP contribution in [0.25, 0.3) is 0 Å². The molecule has 0 amide bonds. The number of aromatic nitrogens is 1. The number of carboxylic acids is 1. The molecule has 0 saturated heterocycles. The Kier molecular flexibility index (Phi) is 6.45. The van der Waals surface area contributed by atoms with E-state index in [-0.39, 0.29) is 6.10 Å². The molecule has 19 heavy (non-hydrogen) atoms. The molecular formula is C14H23NO3S. The summed E-state index contributed by atoms with van der Waals surface area (Å²) in [5, 5.41) is 10.1. The van der Waals surface area contributed by atoms with Crippen LogP contribution in [0.15, 0.2) is 0 Å². The average Bonchev–Trinajstić information content (AvgIpc) is 2.72. The number of thiazole rings is 1. The summed E-state index contributed by atoms with van der Waals surface area (Å²) in [6.45, 7) is 8.79. The van der Waals surface area contributed by atoms with E-state index < -0.39 is 5.97 Å². The normalized spacial score (nSPS) is 12.9. The number of ether oxygens (including phenoxy) is 1. The third-order valence-corrected chi connectivity index (χ3v) is 3.88. The van der Waals surface area contributed by atoms with Crippen molar-refractivity contribution in [3.05, 3.63) is 15.6 Å². The van der Waals surface area contributed by atoms with Crippen LogP contribution < -0.4 is 0 Å². The van der Waals surface area contributed by atoms with Gasteiger partial charge in [0.05, 0.1) is 5.69 Å². The maximum Gasteiger partial charge on any atom is 0.347 e. The zero-order chi connectivity index (χ0) is 14.4. The van der Waals surface area contributed by atoms with Crippen LogP contribution in [-0.4, -0.2) is 22.7 Å². The fraction of sp³-hybridized carbons (Fsp3) is 0.714. The Bertz CT molecular complexity index is 409. The van der Waals surface area contributed by atoms with Crippen molar-refractivity contribution >= 4 is 17.3 Å². The summed E-state index contributed by atoms with van der Waals surface area (Å²) in [7, 11) is 0. The van der Waals surface area contributed by atoms with Crippen molar-refractivity contribution in [2.45, 2.75) is 53.1 Å². The van der Waals surface area contributed by atoms with Gasteiger partial charge in [-0.3, -0.25) is 0 Å². The van der Waals surface area contributed by atoms with Crippen LogP contribution in [0.4, 0.5) is 0 Å². The lowest BCUT2D eigenvalue weighted by Crippen LogP contribution is -2.05. The maximum absolute atomic E-state index is 11.3. The number of hydrogen-bond acceptors (Lipinski definition) is 4. The highest BCUT2D eigenvalue weighted by atomic mass is 32.1. The van der Waals surface area contributed by atoms with Crippen molar-refractivity contribution in [2.24, 2.45) is 5.92 Å². The van der Waals surface area contributed by atoms with Crippen molar-refractivity contribution in [2.75, 3.05) is 6.61 Å². The van der Waals surface area contributed by atoms with Gasteiger partial charge in [-0.1, -0.05) is 27.2 Å². The Morgan fingerprint density at radius 2 is 2.11 bits per heavy atom. The van der Waals surface area contributed by atoms with Gasteiger partial charge in [0.1, 0.15) is 16.0 Å². The molecule has 0 radical (unpaired) electrons. The van der Waals surface area contributed by atoms with Crippen LogP contribution in [0.3, 0.4) is 0 Å². The lowest BCUT2D eigenvalue weighted by Gasteiger charge is -2.12. The average molecular weight is 285 g/mol. The minimum Gasteiger partial charge on any atom is -0.477 e. The molecule has 0 aliphatic rings. The highest BCUT2D eigenvalue weighted by Gasteiger charge is 2.22. The highest BCUT2D eigenvalue weighted by molar-refractivity contribution is 7.13. The number of carbonyl (C=O) groups is 1. The molecule has 0 spiro atoms. The summed E-state index contributed by atoms with van der Waals surface area (Å²) in [6.07, 6.45) is 2.50. The maximum atomic E-state index is 11.3. The van der Waals surface area contributed by atoms with Crippen LogP contribution in [0.2, 0.25) is 0 Å². The Morgan fingerprint density at radius 3 is 2.58 bits per heavy atom. The van der Waals surface area contributed by atoms with Crippen molar-refractivity contribution in [3.63, 3.8) is 0 Å². The highest BCUT2D eigenvalue weighted by Crippen LogP contribution is 2.30. The summed E-state index contributed by atoms with van der Waals surface area (Å²) in [4.78, 5) is 16.2. The van der Waals surface area contributed by atoms with Gasteiger partial charge in [-0.2, -0.15) is 0 Å². The van der Waals surface area contributed by atoms with E-state index in [9.17, 15) is 9.90 Å². The molecule has 0 fully saturated rings. The Morgan fingerprint density at radius 1 is 1.42 bits per heavy atom. The zero-order valence-electron chi connectivity index (χ0n) is 12.1. The molecule has 0 aliphatic carbocycles. The summed E-state index contributed by atoms with van der Waals surface area (Å²) >= 11 is 1.26. The van der Waals surface area contributed by atoms with Crippen molar-refractivity contribution in [1.82, 2.24) is 4.98 Å². The Hall–Kier alpha value is -0.940. The topological polar surface area (TPSA) is 59.4 Å². The molecule has 1 atom stereocenters. The van der Waals surface area contributed by atoms with Gasteiger partial charge < -0.3 is 9.84 Å². The largest absolute Gasteiger partial charge is 0.477 e. The van der Waals surface area contributed by atoms with E-state index in [0.29, 0.717) is 29.5 Å². The fourth-order valence-electron chi connectivity index (χ4n) is 1.94. The van der Waals surface area contributed by atoms with Crippen LogP contribution in [0.5, 0.6) is 0 Å². The van der Waals surface area contributed by atoms with Crippen LogP contribution >= 0.6 is 11.3 Å². The first-order valence-electron chi connectivity index (χ1n) is 6.84. The third-order valence-electron chi connectivity index (χ3n) is 2.70. The van der Waals surface area contributed by atoms with E-state index >= 15 is 0 Å². The van der Waals surface area contributed by atoms with E-state index in [1.54, 1.807) is 0 Å². The van der Waals surface area contributed by atoms with Crippen molar-refractivity contribution in [1.29, 1.82) is 0 Å². The second-order valence-corrected chi connectivity index (χ2v) is 5.99. The second-order valence-electron chi connectivity index (χ2n) is 4.96. The summed E-state index contributed by atoms with van der Waals surface area (Å²) in [5.41, 5.74) is 0.698. The minimum atomic E-state index is -0.883. The van der Waals surface area contributed by atoms with Crippen molar-refractivity contribution in [3.8, 4) is 0 Å². The summed E-state index contributed by atoms with van der Waals surface area (Å²) in [5.74, 6) is -0.490. The standard InChI is InChI=1S/C14H23NO3S/c1-5-7-11(18-6-2)13-15-10(8-9(3)4)12(19-13)14(16)17/h9,11H,5-8H2,1-4H3,(H,16,17). The zero-order valence-corrected chi connectivity index (χ0v) is 12.9. The van der Waals surface area contributed by atoms with Crippen LogP contribution in [0.1, 0.15) is 67.0 Å². The quantitative estimate of drug-likeness (QED) is 0.786. The van der Waals surface area contributed by atoms with Crippen LogP contribution in [-0.2, 0) is 11.2 Å². The van der Waals surface area contributed by atoms with E-state index in [2.05, 4.69) is 25.8 Å². The van der Waals surface area contributed by atoms with Gasteiger partial charge in [0.25, 0.3) is 0 Å². The fourth-order valence-corrected chi connectivity index (χ4v) is 2.96. The first-order valence-corrected chi connectivity index (χ1v) is 7.65. The van der Waals surface area contributed by atoms with Crippen LogP contribution in [0, 0.1) is 5.92 Å².